The van der Waals surface area contributed by atoms with E-state index in [9.17, 15) is 9.59 Å². The molecule has 0 radical (unpaired) electrons. The molecule has 0 bridgehead atoms. The summed E-state index contributed by atoms with van der Waals surface area (Å²) in [6, 6.07) is 7.85. The van der Waals surface area contributed by atoms with Crippen LogP contribution in [0, 0.1) is 12.8 Å². The number of carbonyl (C=O) groups is 2. The number of ether oxygens (including phenoxy) is 1. The van der Waals surface area contributed by atoms with E-state index in [1.165, 1.54) is 0 Å². The average Bonchev–Trinajstić information content (AvgIpc) is 3.16. The van der Waals surface area contributed by atoms with Gasteiger partial charge in [0.15, 0.2) is 5.82 Å². The quantitative estimate of drug-likeness (QED) is 0.734. The number of rotatable bonds is 5. The van der Waals surface area contributed by atoms with Crippen LogP contribution in [0.5, 0.6) is 5.88 Å². The third-order valence-electron chi connectivity index (χ3n) is 5.86. The molecule has 2 aliphatic heterocycles. The monoisotopic (exact) mass is 423 g/mol. The maximum Gasteiger partial charge on any atom is 0.257 e. The minimum absolute atomic E-state index is 0.00203. The van der Waals surface area contributed by atoms with E-state index in [1.54, 1.807) is 17.3 Å². The fourth-order valence-corrected chi connectivity index (χ4v) is 4.21. The van der Waals surface area contributed by atoms with Gasteiger partial charge in [-0.15, -0.1) is 0 Å². The molecule has 2 aromatic rings. The van der Waals surface area contributed by atoms with Gasteiger partial charge in [-0.2, -0.15) is 0 Å². The molecule has 4 rings (SSSR count). The first kappa shape index (κ1) is 21.1. The van der Waals surface area contributed by atoms with Gasteiger partial charge in [0.25, 0.3) is 5.88 Å². The number of hydrogen-bond acceptors (Lipinski definition) is 6. The summed E-state index contributed by atoms with van der Waals surface area (Å²) in [7, 11) is 3.79. The Morgan fingerprint density at radius 3 is 2.61 bits per heavy atom. The van der Waals surface area contributed by atoms with Gasteiger partial charge in [-0.1, -0.05) is 17.7 Å². The SMILES string of the molecule is Cc1ccc(N2CC(C(=O)N3CCCC(Oc4nccnc4N(C)C)C3)CC2=O)cc1. The predicted molar refractivity (Wildman–Crippen MR) is 118 cm³/mol. The summed E-state index contributed by atoms with van der Waals surface area (Å²) in [4.78, 5) is 39.9. The Morgan fingerprint density at radius 1 is 1.13 bits per heavy atom. The number of hydrogen-bond donors (Lipinski definition) is 0. The fraction of sp³-hybridized carbons (Fsp3) is 0.478. The van der Waals surface area contributed by atoms with Crippen LogP contribution in [0.4, 0.5) is 11.5 Å². The third-order valence-corrected chi connectivity index (χ3v) is 5.86. The first-order valence-corrected chi connectivity index (χ1v) is 10.7. The van der Waals surface area contributed by atoms with Crippen molar-refractivity contribution in [2.45, 2.75) is 32.3 Å². The van der Waals surface area contributed by atoms with Crippen molar-refractivity contribution in [1.82, 2.24) is 14.9 Å². The first-order chi connectivity index (χ1) is 14.9. The maximum atomic E-state index is 13.2. The van der Waals surface area contributed by atoms with Crippen molar-refractivity contribution >= 4 is 23.3 Å². The van der Waals surface area contributed by atoms with Gasteiger partial charge in [-0.05, 0) is 31.9 Å². The third kappa shape index (κ3) is 4.62. The Labute approximate surface area is 182 Å². The van der Waals surface area contributed by atoms with Gasteiger partial charge in [0.1, 0.15) is 6.10 Å². The average molecular weight is 424 g/mol. The second-order valence-corrected chi connectivity index (χ2v) is 8.49. The zero-order valence-electron chi connectivity index (χ0n) is 18.3. The number of anilines is 2. The van der Waals surface area contributed by atoms with E-state index < -0.39 is 0 Å². The highest BCUT2D eigenvalue weighted by Crippen LogP contribution is 2.29. The number of likely N-dealkylation sites (tertiary alicyclic amines) is 1. The van der Waals surface area contributed by atoms with Gasteiger partial charge in [0, 0.05) is 51.7 Å². The molecule has 2 amide bonds. The van der Waals surface area contributed by atoms with Crippen LogP contribution < -0.4 is 14.5 Å². The maximum absolute atomic E-state index is 13.2. The van der Waals surface area contributed by atoms with Crippen LogP contribution in [0.1, 0.15) is 24.8 Å². The Kier molecular flexibility index (Phi) is 6.06. The lowest BCUT2D eigenvalue weighted by Gasteiger charge is -2.34. The Hall–Kier alpha value is -3.16. The Balaban J connectivity index is 1.40. The molecule has 2 aliphatic rings. The molecule has 1 aromatic heterocycles. The van der Waals surface area contributed by atoms with Crippen molar-refractivity contribution in [2.24, 2.45) is 5.92 Å². The Bertz CT molecular complexity index is 946. The zero-order valence-corrected chi connectivity index (χ0v) is 18.3. The van der Waals surface area contributed by atoms with Crippen LogP contribution in [0.2, 0.25) is 0 Å². The summed E-state index contributed by atoms with van der Waals surface area (Å²) < 4.78 is 6.13. The molecule has 3 heterocycles. The number of nitrogens with zero attached hydrogens (tertiary/aromatic N) is 5. The highest BCUT2D eigenvalue weighted by atomic mass is 16.5. The largest absolute Gasteiger partial charge is 0.470 e. The lowest BCUT2D eigenvalue weighted by molar-refractivity contribution is -0.138. The summed E-state index contributed by atoms with van der Waals surface area (Å²) >= 11 is 0. The topological polar surface area (TPSA) is 78.9 Å². The molecule has 0 saturated carbocycles. The smallest absolute Gasteiger partial charge is 0.257 e. The van der Waals surface area contributed by atoms with Crippen LogP contribution in [0.3, 0.4) is 0 Å². The standard InChI is InChI=1S/C23H29N5O3/c1-16-6-8-18(9-7-16)28-14-17(13-20(28)29)23(30)27-12-4-5-19(15-27)31-22-21(26(2)3)24-10-11-25-22/h6-11,17,19H,4-5,12-15H2,1-3H3. The molecule has 0 spiro atoms. The van der Waals surface area contributed by atoms with Crippen molar-refractivity contribution in [3.8, 4) is 5.88 Å². The minimum Gasteiger partial charge on any atom is -0.470 e. The molecule has 2 atom stereocenters. The van der Waals surface area contributed by atoms with E-state index in [2.05, 4.69) is 9.97 Å². The van der Waals surface area contributed by atoms with E-state index in [-0.39, 0.29) is 30.3 Å². The van der Waals surface area contributed by atoms with Crippen LogP contribution in [-0.2, 0) is 9.59 Å². The predicted octanol–water partition coefficient (Wildman–Crippen LogP) is 2.27. The summed E-state index contributed by atoms with van der Waals surface area (Å²) in [6.07, 6.45) is 5.07. The van der Waals surface area contributed by atoms with Gasteiger partial charge in [-0.3, -0.25) is 9.59 Å². The molecule has 164 valence electrons. The summed E-state index contributed by atoms with van der Waals surface area (Å²) in [5, 5.41) is 0. The normalized spacial score (nSPS) is 21.3. The molecule has 1 aromatic carbocycles. The van der Waals surface area contributed by atoms with Crippen molar-refractivity contribution in [3.63, 3.8) is 0 Å². The van der Waals surface area contributed by atoms with Crippen molar-refractivity contribution < 1.29 is 14.3 Å². The van der Waals surface area contributed by atoms with E-state index in [0.717, 1.165) is 24.1 Å². The molecule has 2 fully saturated rings. The number of aromatic nitrogens is 2. The van der Waals surface area contributed by atoms with Gasteiger partial charge in [0.2, 0.25) is 11.8 Å². The number of benzene rings is 1. The number of carbonyl (C=O) groups excluding carboxylic acids is 2. The van der Waals surface area contributed by atoms with Gasteiger partial charge in [0.05, 0.1) is 12.5 Å². The van der Waals surface area contributed by atoms with Crippen molar-refractivity contribution in [3.05, 3.63) is 42.2 Å². The van der Waals surface area contributed by atoms with Crippen LogP contribution >= 0.6 is 0 Å². The molecule has 0 aliphatic carbocycles. The van der Waals surface area contributed by atoms with E-state index in [0.29, 0.717) is 31.3 Å². The van der Waals surface area contributed by atoms with Crippen LogP contribution in [0.25, 0.3) is 0 Å². The Morgan fingerprint density at radius 2 is 1.87 bits per heavy atom. The number of amides is 2. The minimum atomic E-state index is -0.318. The van der Waals surface area contributed by atoms with E-state index in [1.807, 2.05) is 55.1 Å². The summed E-state index contributed by atoms with van der Waals surface area (Å²) in [6.45, 7) is 3.63. The van der Waals surface area contributed by atoms with Gasteiger partial charge < -0.3 is 19.4 Å². The van der Waals surface area contributed by atoms with Crippen LogP contribution in [0.15, 0.2) is 36.7 Å². The molecule has 0 N–H and O–H groups in total. The van der Waals surface area contributed by atoms with Crippen molar-refractivity contribution in [1.29, 1.82) is 0 Å². The van der Waals surface area contributed by atoms with Gasteiger partial charge in [-0.25, -0.2) is 9.97 Å². The molecular weight excluding hydrogens is 394 g/mol. The molecule has 8 heteroatoms. The summed E-state index contributed by atoms with van der Waals surface area (Å²) in [5.74, 6) is 0.862. The zero-order chi connectivity index (χ0) is 22.0. The van der Waals surface area contributed by atoms with Gasteiger partial charge >= 0.3 is 0 Å². The molecule has 2 saturated heterocycles. The molecule has 2 unspecified atom stereocenters. The number of aryl methyl sites for hydroxylation is 1. The first-order valence-electron chi connectivity index (χ1n) is 10.7. The summed E-state index contributed by atoms with van der Waals surface area (Å²) in [5.41, 5.74) is 1.99. The lowest BCUT2D eigenvalue weighted by atomic mass is 10.0. The highest BCUT2D eigenvalue weighted by molar-refractivity contribution is 6.00. The van der Waals surface area contributed by atoms with Crippen LogP contribution in [-0.4, -0.2) is 66.5 Å². The second kappa shape index (κ2) is 8.91. The molecule has 31 heavy (non-hydrogen) atoms. The van der Waals surface area contributed by atoms with E-state index >= 15 is 0 Å². The van der Waals surface area contributed by atoms with E-state index in [4.69, 9.17) is 4.74 Å². The van der Waals surface area contributed by atoms with Crippen molar-refractivity contribution in [2.75, 3.05) is 43.5 Å². The fourth-order valence-electron chi connectivity index (χ4n) is 4.21. The molecule has 8 nitrogen and oxygen atoms in total. The number of piperidine rings is 1. The highest BCUT2D eigenvalue weighted by Gasteiger charge is 2.38. The molecular formula is C23H29N5O3. The second-order valence-electron chi connectivity index (χ2n) is 8.49. The lowest BCUT2D eigenvalue weighted by Crippen LogP contribution is -2.47.